The van der Waals surface area contributed by atoms with Crippen molar-refractivity contribution in [2.45, 2.75) is 38.3 Å². The number of nitrogens with one attached hydrogen (secondary N) is 2. The van der Waals surface area contributed by atoms with Gasteiger partial charge in [0.05, 0.1) is 6.04 Å². The number of nitrogens with zero attached hydrogens (tertiary/aromatic N) is 1. The molecule has 1 atom stereocenters. The van der Waals surface area contributed by atoms with E-state index in [4.69, 9.17) is 0 Å². The summed E-state index contributed by atoms with van der Waals surface area (Å²) in [5.74, 6) is 0.196. The molecule has 1 aromatic carbocycles. The highest BCUT2D eigenvalue weighted by Gasteiger charge is 2.28. The van der Waals surface area contributed by atoms with E-state index in [0.29, 0.717) is 0 Å². The Hall–Kier alpha value is -1.39. The fourth-order valence-corrected chi connectivity index (χ4v) is 2.89. The van der Waals surface area contributed by atoms with Crippen molar-refractivity contribution in [1.29, 1.82) is 0 Å². The topological polar surface area (TPSA) is 44.4 Å². The minimum absolute atomic E-state index is 0.0357. The van der Waals surface area contributed by atoms with Crippen molar-refractivity contribution in [3.05, 3.63) is 35.9 Å². The molecule has 1 fully saturated rings. The second kappa shape index (κ2) is 8.80. The molecule has 0 spiro atoms. The van der Waals surface area contributed by atoms with Gasteiger partial charge < -0.3 is 10.6 Å². The molecule has 1 heterocycles. The van der Waals surface area contributed by atoms with Crippen LogP contribution in [0.25, 0.3) is 0 Å². The zero-order chi connectivity index (χ0) is 14.9. The standard InChI is InChI=1S/C17H27N3O/c1-18-11-7-12-19-17(21)16-10-5-6-13-20(16)14-15-8-3-2-4-9-15/h2-4,8-9,16,18H,5-7,10-14H2,1H3,(H,19,21). The van der Waals surface area contributed by atoms with Gasteiger partial charge in [-0.1, -0.05) is 36.8 Å². The van der Waals surface area contributed by atoms with E-state index in [1.54, 1.807) is 0 Å². The van der Waals surface area contributed by atoms with E-state index < -0.39 is 0 Å². The first-order valence-corrected chi connectivity index (χ1v) is 8.01. The fourth-order valence-electron chi connectivity index (χ4n) is 2.89. The maximum absolute atomic E-state index is 12.4. The summed E-state index contributed by atoms with van der Waals surface area (Å²) >= 11 is 0. The maximum atomic E-state index is 12.4. The Bertz CT molecular complexity index is 421. The van der Waals surface area contributed by atoms with Crippen LogP contribution in [-0.4, -0.2) is 43.5 Å². The van der Waals surface area contributed by atoms with Crippen LogP contribution in [0, 0.1) is 0 Å². The van der Waals surface area contributed by atoms with Gasteiger partial charge in [0.15, 0.2) is 0 Å². The number of amides is 1. The second-order valence-electron chi connectivity index (χ2n) is 5.72. The number of piperidine rings is 1. The van der Waals surface area contributed by atoms with Crippen molar-refractivity contribution in [3.63, 3.8) is 0 Å². The van der Waals surface area contributed by atoms with E-state index in [9.17, 15) is 4.79 Å². The second-order valence-corrected chi connectivity index (χ2v) is 5.72. The first kappa shape index (κ1) is 16.0. The van der Waals surface area contributed by atoms with Crippen molar-refractivity contribution < 1.29 is 4.79 Å². The van der Waals surface area contributed by atoms with E-state index in [1.165, 1.54) is 12.0 Å². The summed E-state index contributed by atoms with van der Waals surface area (Å²) in [5, 5.41) is 6.18. The molecule has 0 saturated carbocycles. The highest BCUT2D eigenvalue weighted by atomic mass is 16.2. The summed E-state index contributed by atoms with van der Waals surface area (Å²) in [7, 11) is 1.94. The molecule has 0 bridgehead atoms. The monoisotopic (exact) mass is 289 g/mol. The van der Waals surface area contributed by atoms with Crippen LogP contribution in [0.5, 0.6) is 0 Å². The van der Waals surface area contributed by atoms with Crippen LogP contribution in [0.1, 0.15) is 31.2 Å². The Labute approximate surface area is 127 Å². The van der Waals surface area contributed by atoms with Gasteiger partial charge in [-0.05, 0) is 45.0 Å². The zero-order valence-corrected chi connectivity index (χ0v) is 13.0. The average Bonchev–Trinajstić information content (AvgIpc) is 2.53. The largest absolute Gasteiger partial charge is 0.355 e. The molecule has 2 N–H and O–H groups in total. The quantitative estimate of drug-likeness (QED) is 0.752. The third kappa shape index (κ3) is 5.14. The Morgan fingerprint density at radius 3 is 2.81 bits per heavy atom. The highest BCUT2D eigenvalue weighted by molar-refractivity contribution is 5.81. The SMILES string of the molecule is CNCCCNC(=O)C1CCCCN1Cc1ccccc1. The lowest BCUT2D eigenvalue weighted by molar-refractivity contribution is -0.127. The van der Waals surface area contributed by atoms with Crippen LogP contribution in [0.3, 0.4) is 0 Å². The summed E-state index contributed by atoms with van der Waals surface area (Å²) in [4.78, 5) is 14.7. The lowest BCUT2D eigenvalue weighted by Crippen LogP contribution is -2.49. The molecule has 0 aromatic heterocycles. The molecule has 1 aliphatic heterocycles. The molecule has 0 aliphatic carbocycles. The molecular formula is C17H27N3O. The lowest BCUT2D eigenvalue weighted by atomic mass is 10.0. The smallest absolute Gasteiger partial charge is 0.237 e. The molecule has 1 amide bonds. The molecule has 21 heavy (non-hydrogen) atoms. The molecule has 116 valence electrons. The van der Waals surface area contributed by atoms with Gasteiger partial charge in [-0.25, -0.2) is 0 Å². The van der Waals surface area contributed by atoms with Crippen LogP contribution < -0.4 is 10.6 Å². The van der Waals surface area contributed by atoms with Gasteiger partial charge in [-0.2, -0.15) is 0 Å². The number of carbonyl (C=O) groups is 1. The Morgan fingerprint density at radius 2 is 2.05 bits per heavy atom. The molecule has 1 aromatic rings. The van der Waals surface area contributed by atoms with E-state index in [2.05, 4.69) is 39.8 Å². The van der Waals surface area contributed by atoms with Crippen LogP contribution in [0.2, 0.25) is 0 Å². The van der Waals surface area contributed by atoms with Gasteiger partial charge in [-0.3, -0.25) is 9.69 Å². The number of rotatable bonds is 7. The number of carbonyl (C=O) groups excluding carboxylic acids is 1. The van der Waals surface area contributed by atoms with Crippen LogP contribution in [0.15, 0.2) is 30.3 Å². The predicted octanol–water partition coefficient (Wildman–Crippen LogP) is 1.77. The molecule has 4 nitrogen and oxygen atoms in total. The van der Waals surface area contributed by atoms with Crippen LogP contribution in [0.4, 0.5) is 0 Å². The minimum Gasteiger partial charge on any atom is -0.355 e. The Balaban J connectivity index is 1.87. The first-order chi connectivity index (χ1) is 10.3. The molecule has 2 rings (SSSR count). The molecule has 0 radical (unpaired) electrons. The predicted molar refractivity (Wildman–Crippen MR) is 86.0 cm³/mol. The molecule has 1 saturated heterocycles. The van der Waals surface area contributed by atoms with Gasteiger partial charge in [0.2, 0.25) is 5.91 Å². The van der Waals surface area contributed by atoms with Gasteiger partial charge in [0.1, 0.15) is 0 Å². The number of likely N-dealkylation sites (tertiary alicyclic amines) is 1. The summed E-state index contributed by atoms with van der Waals surface area (Å²) < 4.78 is 0. The highest BCUT2D eigenvalue weighted by Crippen LogP contribution is 2.19. The third-order valence-electron chi connectivity index (χ3n) is 4.05. The Kier molecular flexibility index (Phi) is 6.70. The molecule has 1 unspecified atom stereocenters. The molecule has 4 heteroatoms. The minimum atomic E-state index is 0.0357. The van der Waals surface area contributed by atoms with Crippen molar-refractivity contribution in [1.82, 2.24) is 15.5 Å². The number of hydrogen-bond donors (Lipinski definition) is 2. The fraction of sp³-hybridized carbons (Fsp3) is 0.588. The maximum Gasteiger partial charge on any atom is 0.237 e. The van der Waals surface area contributed by atoms with Crippen LogP contribution in [-0.2, 0) is 11.3 Å². The van der Waals surface area contributed by atoms with E-state index in [-0.39, 0.29) is 11.9 Å². The van der Waals surface area contributed by atoms with E-state index in [0.717, 1.165) is 45.4 Å². The number of hydrogen-bond acceptors (Lipinski definition) is 3. The first-order valence-electron chi connectivity index (χ1n) is 8.01. The summed E-state index contributed by atoms with van der Waals surface area (Å²) in [6, 6.07) is 10.5. The van der Waals surface area contributed by atoms with Crippen molar-refractivity contribution >= 4 is 5.91 Å². The van der Waals surface area contributed by atoms with Crippen molar-refractivity contribution in [2.24, 2.45) is 0 Å². The summed E-state index contributed by atoms with van der Waals surface area (Å²) in [5.41, 5.74) is 1.28. The van der Waals surface area contributed by atoms with Gasteiger partial charge in [0, 0.05) is 13.1 Å². The Morgan fingerprint density at radius 1 is 1.24 bits per heavy atom. The molecule has 1 aliphatic rings. The van der Waals surface area contributed by atoms with E-state index >= 15 is 0 Å². The van der Waals surface area contributed by atoms with Gasteiger partial charge in [0.25, 0.3) is 0 Å². The van der Waals surface area contributed by atoms with Crippen molar-refractivity contribution in [3.8, 4) is 0 Å². The molecular weight excluding hydrogens is 262 g/mol. The summed E-state index contributed by atoms with van der Waals surface area (Å²) in [6.45, 7) is 3.59. The number of benzene rings is 1. The lowest BCUT2D eigenvalue weighted by Gasteiger charge is -2.34. The summed E-state index contributed by atoms with van der Waals surface area (Å²) in [6.07, 6.45) is 4.30. The normalized spacial score (nSPS) is 19.4. The van der Waals surface area contributed by atoms with Gasteiger partial charge >= 0.3 is 0 Å². The van der Waals surface area contributed by atoms with Crippen molar-refractivity contribution in [2.75, 3.05) is 26.7 Å². The van der Waals surface area contributed by atoms with Crippen LogP contribution >= 0.6 is 0 Å². The van der Waals surface area contributed by atoms with E-state index in [1.807, 2.05) is 13.1 Å². The van der Waals surface area contributed by atoms with Gasteiger partial charge in [-0.15, -0.1) is 0 Å². The third-order valence-corrected chi connectivity index (χ3v) is 4.05. The average molecular weight is 289 g/mol. The zero-order valence-electron chi connectivity index (χ0n) is 13.0.